The van der Waals surface area contributed by atoms with Crippen LogP contribution in [0.4, 0.5) is 0 Å². The Hall–Kier alpha value is -2.61. The van der Waals surface area contributed by atoms with Crippen molar-refractivity contribution in [2.45, 2.75) is 33.2 Å². The van der Waals surface area contributed by atoms with Gasteiger partial charge in [-0.05, 0) is 42.8 Å². The van der Waals surface area contributed by atoms with Gasteiger partial charge in [-0.25, -0.2) is 0 Å². The van der Waals surface area contributed by atoms with Crippen LogP contribution in [0, 0.1) is 12.8 Å². The minimum atomic E-state index is -0.353. The smallest absolute Gasteiger partial charge is 0.261 e. The zero-order chi connectivity index (χ0) is 17.8. The van der Waals surface area contributed by atoms with E-state index in [0.29, 0.717) is 34.6 Å². The van der Waals surface area contributed by atoms with E-state index in [0.717, 1.165) is 5.69 Å². The van der Waals surface area contributed by atoms with Crippen molar-refractivity contribution in [2.75, 3.05) is 0 Å². The monoisotopic (exact) mass is 357 g/mol. The molecule has 0 fully saturated rings. The van der Waals surface area contributed by atoms with E-state index in [1.807, 2.05) is 24.4 Å². The Bertz CT molecular complexity index is 827. The van der Waals surface area contributed by atoms with Crippen molar-refractivity contribution in [3.63, 3.8) is 0 Å². The molecule has 0 spiro atoms. The van der Waals surface area contributed by atoms with Crippen LogP contribution in [0.5, 0.6) is 0 Å². The van der Waals surface area contributed by atoms with Crippen LogP contribution in [-0.2, 0) is 0 Å². The van der Waals surface area contributed by atoms with Crippen molar-refractivity contribution in [1.29, 1.82) is 0 Å². The highest BCUT2D eigenvalue weighted by molar-refractivity contribution is 7.12. The summed E-state index contributed by atoms with van der Waals surface area (Å²) in [5.74, 6) is 0.941. The fourth-order valence-corrected chi connectivity index (χ4v) is 2.96. The fraction of sp³-hybridized carbons (Fsp3) is 0.353. The van der Waals surface area contributed by atoms with Gasteiger partial charge in [0.05, 0.1) is 10.6 Å². The van der Waals surface area contributed by atoms with E-state index < -0.39 is 0 Å². The minimum absolute atomic E-state index is 0.143. The Labute approximate surface area is 149 Å². The molecule has 25 heavy (non-hydrogen) atoms. The lowest BCUT2D eigenvalue weighted by Crippen LogP contribution is -2.29. The van der Waals surface area contributed by atoms with Crippen molar-refractivity contribution in [1.82, 2.24) is 25.7 Å². The first-order valence-electron chi connectivity index (χ1n) is 8.01. The number of hydrogen-bond acceptors (Lipinski definition) is 7. The quantitative estimate of drug-likeness (QED) is 0.726. The third-order valence-electron chi connectivity index (χ3n) is 3.52. The lowest BCUT2D eigenvalue weighted by Gasteiger charge is -2.16. The molecule has 1 atom stereocenters. The van der Waals surface area contributed by atoms with E-state index >= 15 is 0 Å². The molecule has 3 aromatic heterocycles. The number of hydrogen-bond donors (Lipinski definition) is 1. The predicted molar refractivity (Wildman–Crippen MR) is 94.0 cm³/mol. The highest BCUT2D eigenvalue weighted by atomic mass is 32.1. The second kappa shape index (κ2) is 7.52. The third kappa shape index (κ3) is 4.27. The number of aromatic nitrogens is 4. The van der Waals surface area contributed by atoms with Crippen LogP contribution in [0.25, 0.3) is 11.5 Å². The Balaban J connectivity index is 1.81. The normalized spacial score (nSPS) is 12.3. The number of rotatable bonds is 6. The van der Waals surface area contributed by atoms with E-state index in [4.69, 9.17) is 4.52 Å². The summed E-state index contributed by atoms with van der Waals surface area (Å²) in [6.07, 6.45) is 0.693. The summed E-state index contributed by atoms with van der Waals surface area (Å²) in [6, 6.07) is 6.90. The zero-order valence-corrected chi connectivity index (χ0v) is 15.1. The molecule has 0 radical (unpaired) electrons. The van der Waals surface area contributed by atoms with Gasteiger partial charge < -0.3 is 9.84 Å². The van der Waals surface area contributed by atoms with Gasteiger partial charge in [-0.15, -0.1) is 16.4 Å². The molecule has 3 rings (SSSR count). The predicted octanol–water partition coefficient (Wildman–Crippen LogP) is 3.41. The van der Waals surface area contributed by atoms with E-state index in [2.05, 4.69) is 39.5 Å². The molecule has 0 saturated carbocycles. The Morgan fingerprint density at radius 3 is 2.76 bits per heavy atom. The first kappa shape index (κ1) is 17.2. The van der Waals surface area contributed by atoms with Crippen LogP contribution in [0.1, 0.15) is 47.6 Å². The second-order valence-electron chi connectivity index (χ2n) is 6.15. The zero-order valence-electron chi connectivity index (χ0n) is 14.3. The van der Waals surface area contributed by atoms with Gasteiger partial charge in [-0.2, -0.15) is 10.1 Å². The number of aryl methyl sites for hydroxylation is 1. The number of nitrogens with one attached hydrogen (secondary N) is 1. The topological polar surface area (TPSA) is 93.8 Å². The maximum absolute atomic E-state index is 12.4. The van der Waals surface area contributed by atoms with Gasteiger partial charge >= 0.3 is 0 Å². The Kier molecular flexibility index (Phi) is 5.18. The number of carbonyl (C=O) groups excluding carboxylic acids is 1. The summed E-state index contributed by atoms with van der Waals surface area (Å²) in [4.78, 5) is 17.4. The highest BCUT2D eigenvalue weighted by Gasteiger charge is 2.24. The van der Waals surface area contributed by atoms with Crippen molar-refractivity contribution in [2.24, 2.45) is 5.92 Å². The summed E-state index contributed by atoms with van der Waals surface area (Å²) in [7, 11) is 0. The summed E-state index contributed by atoms with van der Waals surface area (Å²) in [5.41, 5.74) is 1.35. The van der Waals surface area contributed by atoms with E-state index in [-0.39, 0.29) is 11.9 Å². The molecular formula is C17H19N5O2S. The Morgan fingerprint density at radius 1 is 1.28 bits per heavy atom. The van der Waals surface area contributed by atoms with Gasteiger partial charge in [0.1, 0.15) is 11.7 Å². The summed E-state index contributed by atoms with van der Waals surface area (Å²) in [5, 5.41) is 16.9. The number of amides is 1. The van der Waals surface area contributed by atoms with Crippen molar-refractivity contribution < 1.29 is 9.32 Å². The van der Waals surface area contributed by atoms with Crippen LogP contribution in [0.15, 0.2) is 34.2 Å². The van der Waals surface area contributed by atoms with Crippen molar-refractivity contribution >= 4 is 17.2 Å². The summed E-state index contributed by atoms with van der Waals surface area (Å²) >= 11 is 1.39. The minimum Gasteiger partial charge on any atom is -0.340 e. The van der Waals surface area contributed by atoms with Gasteiger partial charge in [0, 0.05) is 0 Å². The number of carbonyl (C=O) groups is 1. The summed E-state index contributed by atoms with van der Waals surface area (Å²) < 4.78 is 5.39. The lowest BCUT2D eigenvalue weighted by atomic mass is 10.0. The maximum Gasteiger partial charge on any atom is 0.261 e. The SMILES string of the molecule is Cc1ccc(-c2noc([C@@H](CC(C)C)NC(=O)c3cccs3)n2)nn1. The molecule has 0 unspecified atom stereocenters. The van der Waals surface area contributed by atoms with Crippen LogP contribution in [0.3, 0.4) is 0 Å². The first-order valence-corrected chi connectivity index (χ1v) is 8.89. The second-order valence-corrected chi connectivity index (χ2v) is 7.10. The molecule has 0 aliphatic carbocycles. The van der Waals surface area contributed by atoms with Gasteiger partial charge in [0.15, 0.2) is 0 Å². The number of thiophene rings is 1. The molecule has 0 bridgehead atoms. The third-order valence-corrected chi connectivity index (χ3v) is 4.39. The maximum atomic E-state index is 12.4. The molecule has 1 N–H and O–H groups in total. The molecule has 3 aromatic rings. The van der Waals surface area contributed by atoms with E-state index in [9.17, 15) is 4.79 Å². The molecule has 0 saturated heterocycles. The van der Waals surface area contributed by atoms with Gasteiger partial charge in [-0.1, -0.05) is 25.1 Å². The average Bonchev–Trinajstić information content (AvgIpc) is 3.26. The highest BCUT2D eigenvalue weighted by Crippen LogP contribution is 2.23. The average molecular weight is 357 g/mol. The molecular weight excluding hydrogens is 338 g/mol. The molecule has 0 aliphatic rings. The first-order chi connectivity index (χ1) is 12.0. The number of nitrogens with zero attached hydrogens (tertiary/aromatic N) is 4. The van der Waals surface area contributed by atoms with Gasteiger partial charge in [-0.3, -0.25) is 4.79 Å². The van der Waals surface area contributed by atoms with Crippen molar-refractivity contribution in [3.8, 4) is 11.5 Å². The van der Waals surface area contributed by atoms with Crippen LogP contribution < -0.4 is 5.32 Å². The molecule has 0 aromatic carbocycles. The molecule has 0 aliphatic heterocycles. The van der Waals surface area contributed by atoms with Crippen LogP contribution >= 0.6 is 11.3 Å². The molecule has 130 valence electrons. The molecule has 7 nitrogen and oxygen atoms in total. The lowest BCUT2D eigenvalue weighted by molar-refractivity contribution is 0.0926. The molecule has 8 heteroatoms. The van der Waals surface area contributed by atoms with Gasteiger partial charge in [0.2, 0.25) is 11.7 Å². The largest absolute Gasteiger partial charge is 0.340 e. The van der Waals surface area contributed by atoms with Crippen molar-refractivity contribution in [3.05, 3.63) is 46.1 Å². The molecule has 1 amide bonds. The standard InChI is InChI=1S/C17H19N5O2S/c1-10(2)9-13(18-16(23)14-5-4-8-25-14)17-19-15(22-24-17)12-7-6-11(3)20-21-12/h4-8,10,13H,9H2,1-3H3,(H,18,23)/t13-/m1/s1. The fourth-order valence-electron chi connectivity index (χ4n) is 2.33. The van der Waals surface area contributed by atoms with Crippen LogP contribution in [0.2, 0.25) is 0 Å². The van der Waals surface area contributed by atoms with Gasteiger partial charge in [0.25, 0.3) is 5.91 Å². The van der Waals surface area contributed by atoms with E-state index in [1.165, 1.54) is 11.3 Å². The molecule has 3 heterocycles. The summed E-state index contributed by atoms with van der Waals surface area (Å²) in [6.45, 7) is 6.01. The van der Waals surface area contributed by atoms with E-state index in [1.54, 1.807) is 12.1 Å². The Morgan fingerprint density at radius 2 is 2.12 bits per heavy atom. The van der Waals surface area contributed by atoms with Crippen LogP contribution in [-0.4, -0.2) is 26.2 Å².